The summed E-state index contributed by atoms with van der Waals surface area (Å²) in [6.07, 6.45) is 3.01. The van der Waals surface area contributed by atoms with Crippen LogP contribution in [0.5, 0.6) is 0 Å². The topological polar surface area (TPSA) is 86.6 Å². The Morgan fingerprint density at radius 1 is 1.06 bits per heavy atom. The number of rotatable bonds is 3. The molecule has 0 radical (unpaired) electrons. The van der Waals surface area contributed by atoms with Crippen molar-refractivity contribution in [3.8, 4) is 0 Å². The number of carboxylic acids is 1. The van der Waals surface area contributed by atoms with Crippen LogP contribution in [0.2, 0.25) is 0 Å². The van der Waals surface area contributed by atoms with Crippen molar-refractivity contribution in [1.29, 1.82) is 0 Å². The summed E-state index contributed by atoms with van der Waals surface area (Å²) < 4.78 is 45.6. The van der Waals surface area contributed by atoms with Gasteiger partial charge in [-0.3, -0.25) is 19.7 Å². The maximum Gasteiger partial charge on any atom is 0.490 e. The lowest BCUT2D eigenvalue weighted by atomic mass is 10.1. The van der Waals surface area contributed by atoms with E-state index in [0.29, 0.717) is 12.6 Å². The van der Waals surface area contributed by atoms with Crippen molar-refractivity contribution >= 4 is 11.9 Å². The van der Waals surface area contributed by atoms with Gasteiger partial charge in [-0.05, 0) is 30.5 Å². The summed E-state index contributed by atoms with van der Waals surface area (Å²) in [5.41, 5.74) is 1.31. The number of alkyl halides is 3. The number of hydrogen-bond donors (Lipinski definition) is 1. The smallest absolute Gasteiger partial charge is 0.475 e. The molecular formula is C20H20F4N4O3. The van der Waals surface area contributed by atoms with Crippen molar-refractivity contribution in [2.75, 3.05) is 13.1 Å². The monoisotopic (exact) mass is 440 g/mol. The third-order valence-electron chi connectivity index (χ3n) is 5.31. The van der Waals surface area contributed by atoms with Gasteiger partial charge in [0.05, 0.1) is 11.8 Å². The van der Waals surface area contributed by atoms with Gasteiger partial charge in [-0.2, -0.15) is 13.2 Å². The van der Waals surface area contributed by atoms with Crippen LogP contribution in [-0.2, 0) is 11.3 Å². The molecule has 2 saturated heterocycles. The number of halogens is 4. The third-order valence-corrected chi connectivity index (χ3v) is 5.31. The molecule has 2 aromatic rings. The maximum absolute atomic E-state index is 13.9. The minimum absolute atomic E-state index is 0.122. The highest BCUT2D eigenvalue weighted by molar-refractivity contribution is 5.94. The van der Waals surface area contributed by atoms with Gasteiger partial charge in [0.1, 0.15) is 0 Å². The number of hydrogen-bond acceptors (Lipinski definition) is 5. The van der Waals surface area contributed by atoms with E-state index in [2.05, 4.69) is 20.9 Å². The summed E-state index contributed by atoms with van der Waals surface area (Å²) in [4.78, 5) is 33.7. The van der Waals surface area contributed by atoms with Crippen LogP contribution in [0, 0.1) is 5.82 Å². The van der Waals surface area contributed by atoms with Gasteiger partial charge < -0.3 is 10.0 Å². The van der Waals surface area contributed by atoms with Crippen molar-refractivity contribution in [2.45, 2.75) is 37.6 Å². The molecule has 7 nitrogen and oxygen atoms in total. The van der Waals surface area contributed by atoms with Gasteiger partial charge in [0, 0.05) is 50.3 Å². The molecule has 2 aromatic heterocycles. The molecule has 11 heteroatoms. The van der Waals surface area contributed by atoms with E-state index >= 15 is 0 Å². The molecule has 0 aromatic carbocycles. The Morgan fingerprint density at radius 3 is 2.35 bits per heavy atom. The maximum atomic E-state index is 13.9. The van der Waals surface area contributed by atoms with Crippen LogP contribution < -0.4 is 0 Å². The van der Waals surface area contributed by atoms with Crippen molar-refractivity contribution in [3.63, 3.8) is 0 Å². The van der Waals surface area contributed by atoms with Gasteiger partial charge in [-0.1, -0.05) is 6.07 Å². The number of amides is 1. The largest absolute Gasteiger partial charge is 0.490 e. The van der Waals surface area contributed by atoms with Crippen molar-refractivity contribution in [1.82, 2.24) is 19.8 Å². The number of carbonyl (C=O) groups is 2. The van der Waals surface area contributed by atoms with Crippen LogP contribution in [0.15, 0.2) is 43.0 Å². The van der Waals surface area contributed by atoms with Gasteiger partial charge >= 0.3 is 12.1 Å². The second-order valence-electron chi connectivity index (χ2n) is 7.20. The summed E-state index contributed by atoms with van der Waals surface area (Å²) >= 11 is 0. The molecule has 0 saturated carbocycles. The number of nitrogens with zero attached hydrogens (tertiary/aromatic N) is 4. The number of aromatic nitrogens is 2. The summed E-state index contributed by atoms with van der Waals surface area (Å²) in [6.45, 7) is 2.48. The Kier molecular flexibility index (Phi) is 6.84. The fourth-order valence-electron chi connectivity index (χ4n) is 3.95. The second kappa shape index (κ2) is 9.38. The van der Waals surface area contributed by atoms with E-state index < -0.39 is 18.0 Å². The molecule has 1 N–H and O–H groups in total. The highest BCUT2D eigenvalue weighted by atomic mass is 19.4. The first-order chi connectivity index (χ1) is 14.7. The Morgan fingerprint density at radius 2 is 1.74 bits per heavy atom. The number of fused-ring (bicyclic) bond motifs is 1. The lowest BCUT2D eigenvalue weighted by Gasteiger charge is -2.25. The zero-order valence-electron chi connectivity index (χ0n) is 16.3. The zero-order chi connectivity index (χ0) is 22.6. The van der Waals surface area contributed by atoms with Gasteiger partial charge in [0.25, 0.3) is 5.91 Å². The summed E-state index contributed by atoms with van der Waals surface area (Å²) in [6, 6.07) is 6.00. The van der Waals surface area contributed by atoms with Crippen LogP contribution in [0.3, 0.4) is 0 Å². The Hall–Kier alpha value is -3.08. The van der Waals surface area contributed by atoms with Crippen LogP contribution in [0.25, 0.3) is 0 Å². The Labute approximate surface area is 175 Å². The normalized spacial score (nSPS) is 20.7. The Bertz CT molecular complexity index is 926. The van der Waals surface area contributed by atoms with E-state index in [-0.39, 0.29) is 17.5 Å². The minimum atomic E-state index is -5.08. The van der Waals surface area contributed by atoms with E-state index in [1.807, 2.05) is 17.2 Å². The first-order valence-corrected chi connectivity index (χ1v) is 9.52. The molecule has 2 aliphatic heterocycles. The van der Waals surface area contributed by atoms with E-state index in [1.165, 1.54) is 17.8 Å². The SMILES string of the molecule is O=C(O)C(F)(F)F.O=C(c1ccncc1F)N1CC[C@H]2[C@H]1CCN2Cc1cccnc1. The standard InChI is InChI=1S/C18H19FN4O.C2HF3O2/c19-15-11-21-7-3-14(15)18(24)23-9-5-16-17(23)4-8-22(16)12-13-2-1-6-20-10-13;3-2(4,5)1(6)7/h1-3,6-7,10-11,16-17H,4-5,8-9,12H2;(H,6,7)/t16-,17+;/m0./s1. The molecule has 0 aliphatic carbocycles. The van der Waals surface area contributed by atoms with Crippen LogP contribution in [-0.4, -0.2) is 68.1 Å². The predicted molar refractivity (Wildman–Crippen MR) is 100 cm³/mol. The molecule has 2 atom stereocenters. The van der Waals surface area contributed by atoms with Crippen molar-refractivity contribution in [2.24, 2.45) is 0 Å². The molecule has 2 aliphatic rings. The number of pyridine rings is 2. The lowest BCUT2D eigenvalue weighted by molar-refractivity contribution is -0.192. The number of aliphatic carboxylic acids is 1. The molecule has 2 fully saturated rings. The summed E-state index contributed by atoms with van der Waals surface area (Å²) in [5, 5.41) is 7.12. The molecule has 0 bridgehead atoms. The fraction of sp³-hybridized carbons (Fsp3) is 0.400. The van der Waals surface area contributed by atoms with E-state index in [9.17, 15) is 22.4 Å². The van der Waals surface area contributed by atoms with E-state index in [0.717, 1.165) is 32.1 Å². The average Bonchev–Trinajstić information content (AvgIpc) is 3.31. The first-order valence-electron chi connectivity index (χ1n) is 9.52. The lowest BCUT2D eigenvalue weighted by Crippen LogP contribution is -2.39. The van der Waals surface area contributed by atoms with Gasteiger partial charge in [0.2, 0.25) is 0 Å². The van der Waals surface area contributed by atoms with Crippen LogP contribution in [0.4, 0.5) is 17.6 Å². The van der Waals surface area contributed by atoms with Crippen LogP contribution in [0.1, 0.15) is 28.8 Å². The Balaban J connectivity index is 0.000000339. The van der Waals surface area contributed by atoms with Crippen molar-refractivity contribution < 1.29 is 32.3 Å². The summed E-state index contributed by atoms with van der Waals surface area (Å²) in [5.74, 6) is -3.52. The number of likely N-dealkylation sites (tertiary alicyclic amines) is 2. The molecule has 4 rings (SSSR count). The fourth-order valence-corrected chi connectivity index (χ4v) is 3.95. The zero-order valence-corrected chi connectivity index (χ0v) is 16.3. The van der Waals surface area contributed by atoms with Crippen LogP contribution >= 0.6 is 0 Å². The minimum Gasteiger partial charge on any atom is -0.475 e. The molecular weight excluding hydrogens is 420 g/mol. The van der Waals surface area contributed by atoms with Gasteiger partial charge in [-0.15, -0.1) is 0 Å². The first kappa shape index (κ1) is 22.6. The molecule has 166 valence electrons. The average molecular weight is 440 g/mol. The highest BCUT2D eigenvalue weighted by Gasteiger charge is 2.44. The molecule has 0 unspecified atom stereocenters. The molecule has 0 spiro atoms. The van der Waals surface area contributed by atoms with E-state index in [1.54, 1.807) is 6.20 Å². The van der Waals surface area contributed by atoms with Gasteiger partial charge in [-0.25, -0.2) is 9.18 Å². The molecule has 4 heterocycles. The second-order valence-corrected chi connectivity index (χ2v) is 7.20. The van der Waals surface area contributed by atoms with Crippen molar-refractivity contribution in [3.05, 3.63) is 59.9 Å². The third kappa shape index (κ3) is 5.35. The number of carboxylic acid groups (broad SMARTS) is 1. The molecule has 1 amide bonds. The van der Waals surface area contributed by atoms with E-state index in [4.69, 9.17) is 9.90 Å². The number of carbonyl (C=O) groups excluding carboxylic acids is 1. The highest BCUT2D eigenvalue weighted by Crippen LogP contribution is 2.33. The molecule has 31 heavy (non-hydrogen) atoms. The quantitative estimate of drug-likeness (QED) is 0.739. The predicted octanol–water partition coefficient (Wildman–Crippen LogP) is 2.74. The van der Waals surface area contributed by atoms with Gasteiger partial charge in [0.15, 0.2) is 5.82 Å². The summed E-state index contributed by atoms with van der Waals surface area (Å²) in [7, 11) is 0.